The minimum absolute atomic E-state index is 0. The van der Waals surface area contributed by atoms with E-state index in [1.54, 1.807) is 0 Å². The topological polar surface area (TPSA) is 33.5 Å². The van der Waals surface area contributed by atoms with Gasteiger partial charge in [0, 0.05) is 66.8 Å². The quantitative estimate of drug-likeness (QED) is 0.135. The van der Waals surface area contributed by atoms with Crippen LogP contribution in [-0.2, 0) is 42.7 Å². The Morgan fingerprint density at radius 3 is 1.68 bits per heavy atom. The Morgan fingerprint density at radius 2 is 1.04 bits per heavy atom. The van der Waals surface area contributed by atoms with Crippen LogP contribution in [0.25, 0.3) is 27.6 Å². The number of pyridine rings is 1. The van der Waals surface area contributed by atoms with Crippen LogP contribution in [0.15, 0.2) is 170 Å². The molecule has 6 heteroatoms. The van der Waals surface area contributed by atoms with Crippen molar-refractivity contribution < 1.29 is 25.8 Å². The molecule has 0 spiro atoms. The predicted octanol–water partition coefficient (Wildman–Crippen LogP) is 16.2. The molecule has 0 bridgehead atoms. The van der Waals surface area contributed by atoms with Gasteiger partial charge in [0.05, 0.1) is 0 Å². The molecule has 1 aliphatic heterocycles. The van der Waals surface area contributed by atoms with Gasteiger partial charge in [-0.3, -0.25) is 0 Å². The summed E-state index contributed by atoms with van der Waals surface area (Å²) < 4.78 is 9.21. The maximum atomic E-state index is 6.99. The van der Waals surface area contributed by atoms with Gasteiger partial charge in [-0.25, -0.2) is 4.98 Å². The fourth-order valence-corrected chi connectivity index (χ4v) is 9.46. The van der Waals surface area contributed by atoms with Crippen LogP contribution in [0.3, 0.4) is 0 Å². The van der Waals surface area contributed by atoms with Gasteiger partial charge in [0.15, 0.2) is 0 Å². The second kappa shape index (κ2) is 17.6. The molecular formula is C62H59N4OPt-3. The van der Waals surface area contributed by atoms with Gasteiger partial charge in [0.2, 0.25) is 0 Å². The molecule has 9 aromatic rings. The van der Waals surface area contributed by atoms with Gasteiger partial charge in [0.1, 0.15) is 5.82 Å². The van der Waals surface area contributed by atoms with E-state index in [0.29, 0.717) is 11.5 Å². The minimum atomic E-state index is -0.366. The summed E-state index contributed by atoms with van der Waals surface area (Å²) in [6.07, 6.45) is 1.92. The molecule has 0 radical (unpaired) electrons. The summed E-state index contributed by atoms with van der Waals surface area (Å²) in [7, 11) is 0. The van der Waals surface area contributed by atoms with E-state index in [-0.39, 0.29) is 42.7 Å². The second-order valence-electron chi connectivity index (χ2n) is 21.2. The molecule has 0 aliphatic carbocycles. The van der Waals surface area contributed by atoms with Crippen LogP contribution in [0.2, 0.25) is 0 Å². The molecule has 0 atom stereocenters. The molecule has 0 amide bonds. The number of hydrogen-bond donors (Lipinski definition) is 0. The summed E-state index contributed by atoms with van der Waals surface area (Å²) in [6.45, 7) is 25.1. The van der Waals surface area contributed by atoms with Crippen molar-refractivity contribution >= 4 is 44.6 Å². The third kappa shape index (κ3) is 8.56. The fourth-order valence-electron chi connectivity index (χ4n) is 9.46. The number of nitrogens with zero attached hydrogens (tertiary/aromatic N) is 4. The van der Waals surface area contributed by atoms with Gasteiger partial charge in [-0.2, -0.15) is 6.07 Å². The zero-order chi connectivity index (χ0) is 46.9. The van der Waals surface area contributed by atoms with E-state index >= 15 is 0 Å². The second-order valence-corrected chi connectivity index (χ2v) is 21.2. The third-order valence-corrected chi connectivity index (χ3v) is 13.8. The molecule has 3 heterocycles. The Hall–Kier alpha value is -6.42. The van der Waals surface area contributed by atoms with Crippen molar-refractivity contribution in [3.05, 3.63) is 222 Å². The van der Waals surface area contributed by atoms with Crippen LogP contribution in [0.1, 0.15) is 103 Å². The zero-order valence-electron chi connectivity index (χ0n) is 40.8. The summed E-state index contributed by atoms with van der Waals surface area (Å²) in [4.78, 5) is 9.57. The molecule has 0 N–H and O–H groups in total. The normalized spacial score (nSPS) is 13.2. The number of benzene rings is 7. The first-order valence-corrected chi connectivity index (χ1v) is 23.4. The molecule has 2 aromatic heterocycles. The molecule has 7 aromatic carbocycles. The molecule has 10 rings (SSSR count). The molecule has 0 saturated carbocycles. The molecule has 0 fully saturated rings. The van der Waals surface area contributed by atoms with Crippen LogP contribution in [-0.4, -0.2) is 9.55 Å². The van der Waals surface area contributed by atoms with E-state index in [4.69, 9.17) is 9.72 Å². The van der Waals surface area contributed by atoms with E-state index in [9.17, 15) is 0 Å². The fraction of sp³-hybridized carbons (Fsp3) is 0.226. The average Bonchev–Trinajstić information content (AvgIpc) is 3.88. The van der Waals surface area contributed by atoms with Gasteiger partial charge in [-0.1, -0.05) is 172 Å². The van der Waals surface area contributed by atoms with Crippen LogP contribution >= 0.6 is 0 Å². The molecule has 0 saturated heterocycles. The maximum Gasteiger partial charge on any atom is 0.135 e. The van der Waals surface area contributed by atoms with Crippen molar-refractivity contribution in [3.8, 4) is 17.3 Å². The van der Waals surface area contributed by atoms with Gasteiger partial charge < -0.3 is 19.1 Å². The number of hydrogen-bond acceptors (Lipinski definition) is 4. The molecule has 5 nitrogen and oxygen atoms in total. The van der Waals surface area contributed by atoms with Gasteiger partial charge in [-0.05, 0) is 91.9 Å². The minimum Gasteiger partial charge on any atom is -0.509 e. The van der Waals surface area contributed by atoms with Gasteiger partial charge in [0.25, 0.3) is 0 Å². The number of para-hydroxylation sites is 3. The van der Waals surface area contributed by atoms with Crippen molar-refractivity contribution in [1.29, 1.82) is 0 Å². The number of anilines is 4. The summed E-state index contributed by atoms with van der Waals surface area (Å²) >= 11 is 0. The standard InChI is InChI=1S/C62H59N4O.Pt/c1-59(2,3)45-33-46(60(4,5)6)35-48(34-45)64-41-65(56-28-20-19-27-55(56)64)49-36-47(62(9,10)43-23-15-12-16-24-43)37-51(39-49)67-50-29-30-53-52-25-17-18-26-54(52)66(57(53)40-50)58-38-44(31-32-63-58)61(7,8)42-21-13-11-14-22-42;/h11-38,41H,1-10H3;/q-3;. The first-order valence-electron chi connectivity index (χ1n) is 23.4. The summed E-state index contributed by atoms with van der Waals surface area (Å²) in [5.41, 5.74) is 12.8. The Labute approximate surface area is 417 Å². The van der Waals surface area contributed by atoms with Crippen molar-refractivity contribution in [2.24, 2.45) is 0 Å². The first-order chi connectivity index (χ1) is 32.0. The SMILES string of the molecule is CC(C)(C)c1cc(N2[CH-]N(c3[c-]c(Oc4[c-]c5c(cc4)c4ccccc4n5-c4cc(C(C)(C)c5ccccc5)ccn4)cc(C(C)(C)c4ccccc4)c3)c3ccccc32)cc(C(C)(C)C)c1.[Pt]. The number of aromatic nitrogens is 2. The first kappa shape index (κ1) is 46.7. The Morgan fingerprint density at radius 1 is 0.471 bits per heavy atom. The molecule has 346 valence electrons. The molecular weight excluding hydrogens is 1010 g/mol. The summed E-state index contributed by atoms with van der Waals surface area (Å²) in [5.74, 6) is 2.03. The Balaban J connectivity index is 0.00000578. The van der Waals surface area contributed by atoms with Crippen molar-refractivity contribution in [2.75, 3.05) is 9.80 Å². The van der Waals surface area contributed by atoms with Gasteiger partial charge in [-0.15, -0.1) is 53.6 Å². The van der Waals surface area contributed by atoms with Crippen molar-refractivity contribution in [2.45, 2.75) is 90.9 Å². The number of rotatable bonds is 9. The summed E-state index contributed by atoms with van der Waals surface area (Å²) in [6, 6.07) is 66.0. The van der Waals surface area contributed by atoms with Crippen LogP contribution < -0.4 is 14.5 Å². The Kier molecular flexibility index (Phi) is 12.1. The monoisotopic (exact) mass is 1070 g/mol. The molecule has 1 aliphatic rings. The molecule has 68 heavy (non-hydrogen) atoms. The van der Waals surface area contributed by atoms with E-state index in [1.165, 1.54) is 27.8 Å². The van der Waals surface area contributed by atoms with Crippen LogP contribution in [0.4, 0.5) is 22.7 Å². The number of ether oxygens (including phenoxy) is 1. The summed E-state index contributed by atoms with van der Waals surface area (Å²) in [5, 5.41) is 2.21. The zero-order valence-corrected chi connectivity index (χ0v) is 43.0. The van der Waals surface area contributed by atoms with E-state index in [1.807, 2.05) is 12.3 Å². The average molecular weight is 1070 g/mol. The van der Waals surface area contributed by atoms with Gasteiger partial charge >= 0.3 is 0 Å². The maximum absolute atomic E-state index is 6.99. The molecule has 0 unspecified atom stereocenters. The smallest absolute Gasteiger partial charge is 0.135 e. The van der Waals surface area contributed by atoms with E-state index < -0.39 is 0 Å². The predicted molar refractivity (Wildman–Crippen MR) is 279 cm³/mol. The largest absolute Gasteiger partial charge is 0.509 e. The Bertz CT molecular complexity index is 3250. The van der Waals surface area contributed by atoms with E-state index in [0.717, 1.165) is 55.9 Å². The third-order valence-electron chi connectivity index (χ3n) is 13.8. The van der Waals surface area contributed by atoms with Crippen molar-refractivity contribution in [1.82, 2.24) is 9.55 Å². The van der Waals surface area contributed by atoms with Crippen LogP contribution in [0.5, 0.6) is 11.5 Å². The van der Waals surface area contributed by atoms with Crippen molar-refractivity contribution in [3.63, 3.8) is 0 Å². The van der Waals surface area contributed by atoms with E-state index in [2.05, 4.69) is 260 Å². The van der Waals surface area contributed by atoms with Crippen LogP contribution in [0, 0.1) is 18.8 Å². The number of fused-ring (bicyclic) bond motifs is 4.